The van der Waals surface area contributed by atoms with Crippen molar-refractivity contribution >= 4 is 37.8 Å². The van der Waals surface area contributed by atoms with Gasteiger partial charge >= 0.3 is 0 Å². The van der Waals surface area contributed by atoms with Crippen molar-refractivity contribution in [2.75, 3.05) is 7.05 Å². The lowest BCUT2D eigenvalue weighted by molar-refractivity contribution is 0.0842. The number of benzene rings is 1. The summed E-state index contributed by atoms with van der Waals surface area (Å²) in [5, 5.41) is 0. The Morgan fingerprint density at radius 3 is 2.23 bits per heavy atom. The van der Waals surface area contributed by atoms with Gasteiger partial charge in [-0.2, -0.15) is 0 Å². The van der Waals surface area contributed by atoms with Crippen LogP contribution in [0.4, 0.5) is 0 Å². The second-order valence-corrected chi connectivity index (χ2v) is 8.46. The van der Waals surface area contributed by atoms with Crippen molar-refractivity contribution in [1.82, 2.24) is 20.1 Å². The summed E-state index contributed by atoms with van der Waals surface area (Å²) in [6.07, 6.45) is 1.70. The summed E-state index contributed by atoms with van der Waals surface area (Å²) >= 11 is 3.27. The van der Waals surface area contributed by atoms with Crippen molar-refractivity contribution in [2.45, 2.75) is 18.7 Å². The first kappa shape index (κ1) is 20.1. The van der Waals surface area contributed by atoms with Crippen LogP contribution < -0.4 is 15.6 Å². The van der Waals surface area contributed by atoms with Crippen LogP contribution in [0.1, 0.15) is 32.0 Å². The number of carbonyl (C=O) groups excluding carboxylic acids is 2. The average Bonchev–Trinajstić information content (AvgIpc) is 2.92. The third kappa shape index (κ3) is 4.14. The Morgan fingerprint density at radius 2 is 1.69 bits per heavy atom. The third-order valence-corrected chi connectivity index (χ3v) is 5.91. The molecular weight excluding hydrogens is 424 g/mol. The Morgan fingerprint density at radius 1 is 1.08 bits per heavy atom. The van der Waals surface area contributed by atoms with Crippen molar-refractivity contribution in [1.29, 1.82) is 0 Å². The topological polar surface area (TPSA) is 109 Å². The first-order chi connectivity index (χ1) is 12.1. The lowest BCUT2D eigenvalue weighted by Gasteiger charge is -2.13. The third-order valence-electron chi connectivity index (χ3n) is 3.93. The molecule has 3 N–H and O–H groups in total. The van der Waals surface area contributed by atoms with Crippen LogP contribution in [0.2, 0.25) is 0 Å². The highest BCUT2D eigenvalue weighted by atomic mass is 79.9. The fraction of sp³-hybridized carbons (Fsp3) is 0.250. The first-order valence-corrected chi connectivity index (χ1v) is 9.81. The quantitative estimate of drug-likeness (QED) is 0.621. The molecule has 0 aliphatic carbocycles. The molecule has 0 unspecified atom stereocenters. The van der Waals surface area contributed by atoms with E-state index in [1.165, 1.54) is 13.1 Å². The Hall–Kier alpha value is -2.17. The van der Waals surface area contributed by atoms with Gasteiger partial charge in [0.1, 0.15) is 5.69 Å². The number of hydrogen-bond donors (Lipinski definition) is 3. The molecule has 0 radical (unpaired) electrons. The maximum atomic E-state index is 12.3. The Labute approximate surface area is 160 Å². The lowest BCUT2D eigenvalue weighted by atomic mass is 10.1. The minimum Gasteiger partial charge on any atom is -0.345 e. The molecular formula is C16H19BrN4O4S. The van der Waals surface area contributed by atoms with Gasteiger partial charge in [0.05, 0.1) is 4.90 Å². The predicted molar refractivity (Wildman–Crippen MR) is 100 cm³/mol. The van der Waals surface area contributed by atoms with Crippen LogP contribution in [-0.2, 0) is 17.1 Å². The molecule has 0 aliphatic heterocycles. The van der Waals surface area contributed by atoms with Gasteiger partial charge in [-0.05, 0) is 66.2 Å². The molecule has 0 spiro atoms. The van der Waals surface area contributed by atoms with Gasteiger partial charge < -0.3 is 4.57 Å². The highest BCUT2D eigenvalue weighted by Gasteiger charge is 2.20. The second-order valence-electron chi connectivity index (χ2n) is 5.69. The number of rotatable bonds is 4. The number of nitrogens with one attached hydrogen (secondary N) is 3. The summed E-state index contributed by atoms with van der Waals surface area (Å²) in [5.74, 6) is -1.12. The van der Waals surface area contributed by atoms with Gasteiger partial charge in [-0.15, -0.1) is 0 Å². The molecule has 1 heterocycles. The van der Waals surface area contributed by atoms with Gasteiger partial charge in [0.2, 0.25) is 10.0 Å². The number of aryl methyl sites for hydroxylation is 2. The molecule has 0 atom stereocenters. The molecule has 140 valence electrons. The van der Waals surface area contributed by atoms with Gasteiger partial charge in [-0.25, -0.2) is 13.1 Å². The van der Waals surface area contributed by atoms with Crippen LogP contribution in [0.3, 0.4) is 0 Å². The molecule has 0 saturated heterocycles. The van der Waals surface area contributed by atoms with Crippen molar-refractivity contribution in [3.63, 3.8) is 0 Å². The van der Waals surface area contributed by atoms with Crippen LogP contribution in [0, 0.1) is 13.8 Å². The smallest absolute Gasteiger partial charge is 0.286 e. The summed E-state index contributed by atoms with van der Waals surface area (Å²) < 4.78 is 28.8. The van der Waals surface area contributed by atoms with Crippen LogP contribution in [0.15, 0.2) is 33.8 Å². The summed E-state index contributed by atoms with van der Waals surface area (Å²) in [4.78, 5) is 24.5. The fourth-order valence-electron chi connectivity index (χ4n) is 2.35. The van der Waals surface area contributed by atoms with E-state index in [2.05, 4.69) is 31.5 Å². The number of hydrogen-bond acceptors (Lipinski definition) is 4. The largest absolute Gasteiger partial charge is 0.345 e. The van der Waals surface area contributed by atoms with Gasteiger partial charge in [0, 0.05) is 23.3 Å². The van der Waals surface area contributed by atoms with Gasteiger partial charge in [0.25, 0.3) is 11.8 Å². The van der Waals surface area contributed by atoms with E-state index in [-0.39, 0.29) is 10.5 Å². The second kappa shape index (κ2) is 7.60. The SMILES string of the molecule is CNS(=O)(=O)c1cc(C(=O)NNC(=O)c2cc(Br)cn2C)cc(C)c1C. The zero-order chi connectivity index (χ0) is 19.6. The molecule has 0 aliphatic rings. The number of halogens is 1. The van der Waals surface area contributed by atoms with Crippen LogP contribution in [0.5, 0.6) is 0 Å². The van der Waals surface area contributed by atoms with Crippen molar-refractivity contribution in [2.24, 2.45) is 7.05 Å². The van der Waals surface area contributed by atoms with E-state index < -0.39 is 21.8 Å². The van der Waals surface area contributed by atoms with Crippen LogP contribution in [0.25, 0.3) is 0 Å². The summed E-state index contributed by atoms with van der Waals surface area (Å²) in [7, 11) is -0.716. The van der Waals surface area contributed by atoms with E-state index in [0.717, 1.165) is 4.47 Å². The molecule has 26 heavy (non-hydrogen) atoms. The van der Waals surface area contributed by atoms with E-state index in [0.29, 0.717) is 16.8 Å². The molecule has 0 saturated carbocycles. The Balaban J connectivity index is 2.22. The number of sulfonamides is 1. The maximum Gasteiger partial charge on any atom is 0.286 e. The molecule has 0 bridgehead atoms. The summed E-state index contributed by atoms with van der Waals surface area (Å²) in [5.41, 5.74) is 6.26. The molecule has 2 amide bonds. The number of amides is 2. The maximum absolute atomic E-state index is 12.3. The summed E-state index contributed by atoms with van der Waals surface area (Å²) in [6.45, 7) is 3.37. The molecule has 8 nitrogen and oxygen atoms in total. The van der Waals surface area contributed by atoms with Gasteiger partial charge in [-0.3, -0.25) is 20.4 Å². The normalized spacial score (nSPS) is 11.3. The Bertz CT molecular complexity index is 982. The highest BCUT2D eigenvalue weighted by molar-refractivity contribution is 9.10. The molecule has 1 aromatic carbocycles. The van der Waals surface area contributed by atoms with Gasteiger partial charge in [-0.1, -0.05) is 0 Å². The fourth-order valence-corrected chi connectivity index (χ4v) is 3.94. The standard InChI is InChI=1S/C16H19BrN4O4S/c1-9-5-11(6-14(10(9)2)26(24,25)18-3)15(22)19-20-16(23)13-7-12(17)8-21(13)4/h5-8,18H,1-4H3,(H,19,22)(H,20,23). The molecule has 0 fully saturated rings. The number of hydrazine groups is 1. The van der Waals surface area contributed by atoms with E-state index in [9.17, 15) is 18.0 Å². The van der Waals surface area contributed by atoms with Crippen molar-refractivity contribution in [3.05, 3.63) is 51.3 Å². The number of carbonyl (C=O) groups is 2. The molecule has 10 heteroatoms. The van der Waals surface area contributed by atoms with E-state index in [4.69, 9.17) is 0 Å². The van der Waals surface area contributed by atoms with E-state index in [1.54, 1.807) is 43.8 Å². The minimum absolute atomic E-state index is 0.0165. The first-order valence-electron chi connectivity index (χ1n) is 7.54. The number of aromatic nitrogens is 1. The summed E-state index contributed by atoms with van der Waals surface area (Å²) in [6, 6.07) is 4.44. The number of nitrogens with zero attached hydrogens (tertiary/aromatic N) is 1. The van der Waals surface area contributed by atoms with E-state index >= 15 is 0 Å². The molecule has 2 rings (SSSR count). The predicted octanol–water partition coefficient (Wildman–Crippen LogP) is 1.39. The monoisotopic (exact) mass is 442 g/mol. The Kier molecular flexibility index (Phi) is 5.89. The van der Waals surface area contributed by atoms with Crippen LogP contribution in [-0.4, -0.2) is 31.8 Å². The zero-order valence-corrected chi connectivity index (χ0v) is 17.1. The van der Waals surface area contributed by atoms with Crippen molar-refractivity contribution in [3.8, 4) is 0 Å². The van der Waals surface area contributed by atoms with Crippen molar-refractivity contribution < 1.29 is 18.0 Å². The molecule has 2 aromatic rings. The zero-order valence-electron chi connectivity index (χ0n) is 14.7. The van der Waals surface area contributed by atoms with E-state index in [1.807, 2.05) is 0 Å². The van der Waals surface area contributed by atoms with Gasteiger partial charge in [0.15, 0.2) is 0 Å². The minimum atomic E-state index is -3.71. The highest BCUT2D eigenvalue weighted by Crippen LogP contribution is 2.21. The van der Waals surface area contributed by atoms with Crippen LogP contribution >= 0.6 is 15.9 Å². The average molecular weight is 443 g/mol. The lowest BCUT2D eigenvalue weighted by Crippen LogP contribution is -2.42. The molecule has 1 aromatic heterocycles.